The number of aliphatic hydroxyl groups is 1. The second-order valence-electron chi connectivity index (χ2n) is 3.49. The summed E-state index contributed by atoms with van der Waals surface area (Å²) in [6.45, 7) is 3.03. The van der Waals surface area contributed by atoms with E-state index in [2.05, 4.69) is 4.74 Å². The molecule has 0 aromatic heterocycles. The molecule has 0 bridgehead atoms. The number of cyclic esters (lactones) is 1. The summed E-state index contributed by atoms with van der Waals surface area (Å²) in [6.07, 6.45) is -1.41. The number of carbonyl (C=O) groups excluding carboxylic acids is 1. The van der Waals surface area contributed by atoms with Crippen LogP contribution in [-0.2, 0) is 4.74 Å². The van der Waals surface area contributed by atoms with Gasteiger partial charge >= 0.3 is 5.97 Å². The van der Waals surface area contributed by atoms with Crippen molar-refractivity contribution in [3.8, 4) is 11.5 Å². The number of aliphatic hydroxyl groups excluding tert-OH is 1. The number of aromatic hydroxyl groups is 2. The molecular formula is C10H10O5. The monoisotopic (exact) mass is 210 g/mol. The fraction of sp³-hybridized carbons (Fsp3) is 0.300. The van der Waals surface area contributed by atoms with Crippen LogP contribution in [0.4, 0.5) is 0 Å². The van der Waals surface area contributed by atoms with Crippen molar-refractivity contribution in [3.63, 3.8) is 0 Å². The number of hydrogen-bond acceptors (Lipinski definition) is 5. The normalized spacial score (nSPS) is 18.9. The van der Waals surface area contributed by atoms with Crippen molar-refractivity contribution in [2.24, 2.45) is 0 Å². The van der Waals surface area contributed by atoms with Crippen molar-refractivity contribution in [2.45, 2.75) is 20.1 Å². The van der Waals surface area contributed by atoms with Gasteiger partial charge in [0.25, 0.3) is 0 Å². The Balaban J connectivity index is 2.86. The molecule has 0 spiro atoms. The van der Waals surface area contributed by atoms with Crippen LogP contribution in [0.5, 0.6) is 11.5 Å². The molecule has 3 N–H and O–H groups in total. The Kier molecular flexibility index (Phi) is 1.87. The van der Waals surface area contributed by atoms with Crippen LogP contribution in [0.1, 0.15) is 33.3 Å². The highest BCUT2D eigenvalue weighted by atomic mass is 16.6. The van der Waals surface area contributed by atoms with Gasteiger partial charge in [-0.1, -0.05) is 0 Å². The van der Waals surface area contributed by atoms with Gasteiger partial charge < -0.3 is 20.1 Å². The summed E-state index contributed by atoms with van der Waals surface area (Å²) >= 11 is 0. The van der Waals surface area contributed by atoms with Gasteiger partial charge in [-0.05, 0) is 13.8 Å². The van der Waals surface area contributed by atoms with Crippen LogP contribution in [0.2, 0.25) is 0 Å². The molecule has 0 saturated carbocycles. The van der Waals surface area contributed by atoms with E-state index < -0.39 is 12.3 Å². The molecule has 0 saturated heterocycles. The molecule has 2 rings (SSSR count). The number of hydrogen-bond donors (Lipinski definition) is 3. The van der Waals surface area contributed by atoms with Crippen LogP contribution in [0, 0.1) is 13.8 Å². The maximum atomic E-state index is 11.3. The molecule has 1 unspecified atom stereocenters. The summed E-state index contributed by atoms with van der Waals surface area (Å²) in [5.74, 6) is -1.25. The number of phenols is 2. The highest BCUT2D eigenvalue weighted by molar-refractivity contribution is 5.98. The van der Waals surface area contributed by atoms with Crippen molar-refractivity contribution >= 4 is 5.97 Å². The third-order valence-corrected chi connectivity index (χ3v) is 2.65. The van der Waals surface area contributed by atoms with E-state index in [1.54, 1.807) is 6.92 Å². The number of fused-ring (bicyclic) bond motifs is 1. The van der Waals surface area contributed by atoms with Crippen molar-refractivity contribution < 1.29 is 24.9 Å². The number of benzene rings is 1. The van der Waals surface area contributed by atoms with Crippen LogP contribution >= 0.6 is 0 Å². The van der Waals surface area contributed by atoms with Crippen LogP contribution < -0.4 is 0 Å². The molecule has 1 aromatic carbocycles. The maximum Gasteiger partial charge on any atom is 0.345 e. The quantitative estimate of drug-likeness (QED) is 0.553. The van der Waals surface area contributed by atoms with Crippen LogP contribution in [0.3, 0.4) is 0 Å². The molecule has 0 fully saturated rings. The Morgan fingerprint density at radius 3 is 2.33 bits per heavy atom. The Morgan fingerprint density at radius 2 is 1.73 bits per heavy atom. The van der Waals surface area contributed by atoms with E-state index in [1.165, 1.54) is 6.92 Å². The van der Waals surface area contributed by atoms with Crippen molar-refractivity contribution in [3.05, 3.63) is 22.3 Å². The summed E-state index contributed by atoms with van der Waals surface area (Å²) in [6, 6.07) is 0. The molecule has 0 amide bonds. The van der Waals surface area contributed by atoms with Crippen LogP contribution in [-0.4, -0.2) is 21.3 Å². The first kappa shape index (κ1) is 9.79. The minimum absolute atomic E-state index is 0.0599. The highest BCUT2D eigenvalue weighted by Crippen LogP contribution is 2.43. The topological polar surface area (TPSA) is 87.0 Å². The Hall–Kier alpha value is -1.75. The van der Waals surface area contributed by atoms with E-state index in [1.807, 2.05) is 0 Å². The first-order chi connectivity index (χ1) is 6.95. The maximum absolute atomic E-state index is 11.3. The lowest BCUT2D eigenvalue weighted by atomic mass is 9.97. The van der Waals surface area contributed by atoms with E-state index in [9.17, 15) is 20.1 Å². The summed E-state index contributed by atoms with van der Waals surface area (Å²) in [7, 11) is 0. The van der Waals surface area contributed by atoms with Crippen LogP contribution in [0.15, 0.2) is 0 Å². The van der Waals surface area contributed by atoms with Crippen molar-refractivity contribution in [1.82, 2.24) is 0 Å². The Bertz CT molecular complexity index is 464. The number of phenolic OH excluding ortho intramolecular Hbond substituents is 2. The van der Waals surface area contributed by atoms with E-state index in [0.29, 0.717) is 5.56 Å². The molecule has 1 aliphatic heterocycles. The van der Waals surface area contributed by atoms with E-state index in [4.69, 9.17) is 0 Å². The van der Waals surface area contributed by atoms with Gasteiger partial charge in [0, 0.05) is 16.7 Å². The zero-order valence-electron chi connectivity index (χ0n) is 8.24. The minimum Gasteiger partial charge on any atom is -0.507 e. The molecule has 80 valence electrons. The third kappa shape index (κ3) is 1.10. The van der Waals surface area contributed by atoms with E-state index in [0.717, 1.165) is 0 Å². The number of carbonyl (C=O) groups is 1. The van der Waals surface area contributed by atoms with E-state index >= 15 is 0 Å². The number of rotatable bonds is 0. The largest absolute Gasteiger partial charge is 0.507 e. The molecule has 1 aromatic rings. The second kappa shape index (κ2) is 2.87. The molecule has 1 atom stereocenters. The van der Waals surface area contributed by atoms with Crippen molar-refractivity contribution in [2.75, 3.05) is 0 Å². The number of esters is 1. The molecule has 5 nitrogen and oxygen atoms in total. The predicted molar refractivity (Wildman–Crippen MR) is 49.6 cm³/mol. The molecule has 1 aliphatic rings. The Morgan fingerprint density at radius 1 is 1.13 bits per heavy atom. The summed E-state index contributed by atoms with van der Waals surface area (Å²) in [4.78, 5) is 11.3. The average Bonchev–Trinajstić information content (AvgIpc) is 2.47. The first-order valence-electron chi connectivity index (χ1n) is 4.39. The smallest absolute Gasteiger partial charge is 0.345 e. The highest BCUT2D eigenvalue weighted by Gasteiger charge is 2.36. The zero-order valence-corrected chi connectivity index (χ0v) is 8.24. The van der Waals surface area contributed by atoms with Gasteiger partial charge in [-0.15, -0.1) is 0 Å². The molecule has 5 heteroatoms. The Labute approximate surface area is 85.5 Å². The standard InChI is InChI=1S/C10H10O5/c1-3-5-6(10(14)15-9(5)13)8(12)4(2)7(3)11/h9,11-13H,1-2H3. The molecule has 0 aliphatic carbocycles. The van der Waals surface area contributed by atoms with Gasteiger partial charge in [0.15, 0.2) is 0 Å². The van der Waals surface area contributed by atoms with Gasteiger partial charge in [0.05, 0.1) is 0 Å². The minimum atomic E-state index is -1.41. The van der Waals surface area contributed by atoms with Gasteiger partial charge in [0.1, 0.15) is 17.1 Å². The summed E-state index contributed by atoms with van der Waals surface area (Å²) in [5.41, 5.74) is 0.631. The summed E-state index contributed by atoms with van der Waals surface area (Å²) in [5, 5.41) is 28.7. The number of ether oxygens (including phenoxy) is 1. The van der Waals surface area contributed by atoms with E-state index in [-0.39, 0.29) is 28.2 Å². The lowest BCUT2D eigenvalue weighted by Gasteiger charge is -2.11. The SMILES string of the molecule is Cc1c(O)c(C)c2c(c1O)C(=O)OC2O. The fourth-order valence-corrected chi connectivity index (χ4v) is 1.76. The van der Waals surface area contributed by atoms with Gasteiger partial charge in [0.2, 0.25) is 6.29 Å². The third-order valence-electron chi connectivity index (χ3n) is 2.65. The summed E-state index contributed by atoms with van der Waals surface area (Å²) < 4.78 is 4.55. The van der Waals surface area contributed by atoms with Gasteiger partial charge in [-0.2, -0.15) is 0 Å². The van der Waals surface area contributed by atoms with Gasteiger partial charge in [-0.3, -0.25) is 0 Å². The first-order valence-corrected chi connectivity index (χ1v) is 4.39. The molecule has 0 radical (unpaired) electrons. The molecular weight excluding hydrogens is 200 g/mol. The van der Waals surface area contributed by atoms with Crippen LogP contribution in [0.25, 0.3) is 0 Å². The average molecular weight is 210 g/mol. The second-order valence-corrected chi connectivity index (χ2v) is 3.49. The van der Waals surface area contributed by atoms with Gasteiger partial charge in [-0.25, -0.2) is 4.79 Å². The lowest BCUT2D eigenvalue weighted by molar-refractivity contribution is -0.0551. The van der Waals surface area contributed by atoms with Crippen molar-refractivity contribution in [1.29, 1.82) is 0 Å². The molecule has 1 heterocycles. The lowest BCUT2D eigenvalue weighted by Crippen LogP contribution is -1.98. The predicted octanol–water partition coefficient (Wildman–Crippen LogP) is 0.876. The fourth-order valence-electron chi connectivity index (χ4n) is 1.76. The zero-order chi connectivity index (χ0) is 11.3. The molecule has 15 heavy (non-hydrogen) atoms.